The van der Waals surface area contributed by atoms with Crippen molar-refractivity contribution in [2.45, 2.75) is 45.1 Å². The third-order valence-electron chi connectivity index (χ3n) is 2.91. The third-order valence-corrected chi connectivity index (χ3v) is 3.32. The molecule has 1 aliphatic rings. The van der Waals surface area contributed by atoms with Gasteiger partial charge in [0.2, 0.25) is 0 Å². The predicted octanol–water partition coefficient (Wildman–Crippen LogP) is 2.15. The van der Waals surface area contributed by atoms with Crippen LogP contribution < -0.4 is 0 Å². The normalized spacial score (nSPS) is 23.7. The van der Waals surface area contributed by atoms with E-state index in [0.717, 1.165) is 0 Å². The molecule has 19 heavy (non-hydrogen) atoms. The smallest absolute Gasteiger partial charge is 0.412 e. The third kappa shape index (κ3) is 3.27. The standard InChI is InChI=1S/C12H18BrN3O3/c1-12(2,3)19-11(18)16-5-4-8(10(16)17)15-6-9(13)14-7-15/h6-8,10,17H,4-5H2,1-3H3. The topological polar surface area (TPSA) is 67.6 Å². The van der Waals surface area contributed by atoms with Crippen molar-refractivity contribution in [2.75, 3.05) is 6.54 Å². The van der Waals surface area contributed by atoms with Gasteiger partial charge in [-0.15, -0.1) is 0 Å². The molecule has 1 amide bonds. The van der Waals surface area contributed by atoms with E-state index in [0.29, 0.717) is 17.6 Å². The van der Waals surface area contributed by atoms with E-state index in [1.165, 1.54) is 4.90 Å². The fourth-order valence-corrected chi connectivity index (χ4v) is 2.40. The van der Waals surface area contributed by atoms with Gasteiger partial charge in [-0.25, -0.2) is 9.78 Å². The molecule has 1 saturated heterocycles. The second kappa shape index (κ2) is 5.13. The number of likely N-dealkylation sites (tertiary alicyclic amines) is 1. The van der Waals surface area contributed by atoms with Gasteiger partial charge in [0.15, 0.2) is 6.23 Å². The summed E-state index contributed by atoms with van der Waals surface area (Å²) in [6.07, 6.45) is 2.71. The summed E-state index contributed by atoms with van der Waals surface area (Å²) in [5.41, 5.74) is -0.563. The lowest BCUT2D eigenvalue weighted by molar-refractivity contribution is -0.0235. The summed E-state index contributed by atoms with van der Waals surface area (Å²) < 4.78 is 7.78. The number of nitrogens with zero attached hydrogens (tertiary/aromatic N) is 3. The maximum absolute atomic E-state index is 12.0. The van der Waals surface area contributed by atoms with Crippen molar-refractivity contribution in [1.29, 1.82) is 0 Å². The molecule has 0 saturated carbocycles. The fourth-order valence-electron chi connectivity index (χ4n) is 2.08. The average Bonchev–Trinajstić information content (AvgIpc) is 2.82. The van der Waals surface area contributed by atoms with Crippen molar-refractivity contribution >= 4 is 22.0 Å². The van der Waals surface area contributed by atoms with E-state index in [9.17, 15) is 9.90 Å². The van der Waals surface area contributed by atoms with Crippen molar-refractivity contribution < 1.29 is 14.6 Å². The monoisotopic (exact) mass is 331 g/mol. The number of rotatable bonds is 1. The number of halogens is 1. The van der Waals surface area contributed by atoms with Gasteiger partial charge < -0.3 is 14.4 Å². The number of aliphatic hydroxyl groups excluding tert-OH is 1. The van der Waals surface area contributed by atoms with Crippen LogP contribution >= 0.6 is 15.9 Å². The number of imidazole rings is 1. The van der Waals surface area contributed by atoms with Crippen LogP contribution in [0.2, 0.25) is 0 Å². The summed E-state index contributed by atoms with van der Waals surface area (Å²) in [5.74, 6) is 0. The zero-order chi connectivity index (χ0) is 14.2. The highest BCUT2D eigenvalue weighted by Crippen LogP contribution is 2.29. The highest BCUT2D eigenvalue weighted by atomic mass is 79.9. The Morgan fingerprint density at radius 2 is 2.26 bits per heavy atom. The molecular formula is C12H18BrN3O3. The van der Waals surface area contributed by atoms with Gasteiger partial charge in [0, 0.05) is 12.7 Å². The van der Waals surface area contributed by atoms with Crippen LogP contribution in [-0.4, -0.2) is 44.0 Å². The zero-order valence-electron chi connectivity index (χ0n) is 11.2. The molecule has 0 aromatic carbocycles. The largest absolute Gasteiger partial charge is 0.444 e. The van der Waals surface area contributed by atoms with Gasteiger partial charge in [0.05, 0.1) is 12.4 Å². The Balaban J connectivity index is 2.05. The number of hydrogen-bond donors (Lipinski definition) is 1. The molecule has 1 aromatic rings. The Bertz CT molecular complexity index is 469. The van der Waals surface area contributed by atoms with E-state index in [4.69, 9.17) is 4.74 Å². The molecule has 0 bridgehead atoms. The van der Waals surface area contributed by atoms with Crippen LogP contribution in [0.25, 0.3) is 0 Å². The van der Waals surface area contributed by atoms with Crippen LogP contribution in [0.4, 0.5) is 4.79 Å². The first-order valence-corrected chi connectivity index (χ1v) is 6.94. The quantitative estimate of drug-likeness (QED) is 0.856. The van der Waals surface area contributed by atoms with Crippen molar-refractivity contribution in [3.63, 3.8) is 0 Å². The number of amides is 1. The van der Waals surface area contributed by atoms with Gasteiger partial charge in [0.25, 0.3) is 0 Å². The summed E-state index contributed by atoms with van der Waals surface area (Å²) in [6.45, 7) is 5.88. The molecule has 7 heteroatoms. The molecule has 1 aromatic heterocycles. The SMILES string of the molecule is CC(C)(C)OC(=O)N1CCC(n2cnc(Br)c2)C1O. The second-order valence-corrected chi connectivity index (χ2v) is 6.40. The van der Waals surface area contributed by atoms with Crippen LogP contribution in [0.15, 0.2) is 17.1 Å². The van der Waals surface area contributed by atoms with E-state index >= 15 is 0 Å². The first-order chi connectivity index (χ1) is 8.78. The summed E-state index contributed by atoms with van der Waals surface area (Å²) in [5, 5.41) is 10.2. The minimum Gasteiger partial charge on any atom is -0.444 e. The van der Waals surface area contributed by atoms with E-state index in [1.54, 1.807) is 37.9 Å². The van der Waals surface area contributed by atoms with Crippen LogP contribution in [-0.2, 0) is 4.74 Å². The van der Waals surface area contributed by atoms with Crippen LogP contribution in [0.1, 0.15) is 33.2 Å². The van der Waals surface area contributed by atoms with Gasteiger partial charge in [-0.2, -0.15) is 0 Å². The molecule has 6 nitrogen and oxygen atoms in total. The van der Waals surface area contributed by atoms with Crippen molar-refractivity contribution in [1.82, 2.24) is 14.5 Å². The highest BCUT2D eigenvalue weighted by molar-refractivity contribution is 9.10. The molecule has 1 N–H and O–H groups in total. The minimum atomic E-state index is -0.893. The molecule has 1 aliphatic heterocycles. The van der Waals surface area contributed by atoms with E-state index in [1.807, 2.05) is 0 Å². The van der Waals surface area contributed by atoms with Gasteiger partial charge >= 0.3 is 6.09 Å². The van der Waals surface area contributed by atoms with Crippen molar-refractivity contribution in [3.05, 3.63) is 17.1 Å². The molecule has 0 aliphatic carbocycles. The first-order valence-electron chi connectivity index (χ1n) is 6.14. The molecule has 2 rings (SSSR count). The van der Waals surface area contributed by atoms with E-state index in [2.05, 4.69) is 20.9 Å². The number of hydrogen-bond acceptors (Lipinski definition) is 4. The maximum atomic E-state index is 12.0. The predicted molar refractivity (Wildman–Crippen MR) is 72.5 cm³/mol. The molecule has 0 radical (unpaired) electrons. The first kappa shape index (κ1) is 14.3. The van der Waals surface area contributed by atoms with Gasteiger partial charge in [-0.1, -0.05) is 0 Å². The maximum Gasteiger partial charge on any atom is 0.412 e. The van der Waals surface area contributed by atoms with Crippen LogP contribution in [0.5, 0.6) is 0 Å². The van der Waals surface area contributed by atoms with E-state index in [-0.39, 0.29) is 6.04 Å². The highest BCUT2D eigenvalue weighted by Gasteiger charge is 2.38. The summed E-state index contributed by atoms with van der Waals surface area (Å²) >= 11 is 3.26. The van der Waals surface area contributed by atoms with Crippen LogP contribution in [0.3, 0.4) is 0 Å². The van der Waals surface area contributed by atoms with Crippen molar-refractivity contribution in [2.24, 2.45) is 0 Å². The Labute approximate surface area is 120 Å². The Morgan fingerprint density at radius 1 is 1.58 bits per heavy atom. The number of carbonyl (C=O) groups is 1. The molecule has 2 atom stereocenters. The molecule has 0 spiro atoms. The Morgan fingerprint density at radius 3 is 2.79 bits per heavy atom. The van der Waals surface area contributed by atoms with Gasteiger partial charge in [0.1, 0.15) is 10.2 Å². The van der Waals surface area contributed by atoms with Crippen LogP contribution in [0, 0.1) is 0 Å². The van der Waals surface area contributed by atoms with E-state index < -0.39 is 17.9 Å². The summed E-state index contributed by atoms with van der Waals surface area (Å²) in [4.78, 5) is 17.4. The Kier molecular flexibility index (Phi) is 3.87. The molecule has 2 unspecified atom stereocenters. The summed E-state index contributed by atoms with van der Waals surface area (Å²) in [7, 11) is 0. The van der Waals surface area contributed by atoms with Crippen molar-refractivity contribution in [3.8, 4) is 0 Å². The number of carbonyl (C=O) groups excluding carboxylic acids is 1. The fraction of sp³-hybridized carbons (Fsp3) is 0.667. The minimum absolute atomic E-state index is 0.189. The second-order valence-electron chi connectivity index (χ2n) is 5.59. The molecule has 1 fully saturated rings. The van der Waals surface area contributed by atoms with Gasteiger partial charge in [-0.3, -0.25) is 4.90 Å². The number of aromatic nitrogens is 2. The number of aliphatic hydroxyl groups is 1. The lowest BCUT2D eigenvalue weighted by atomic mass is 10.2. The lowest BCUT2D eigenvalue weighted by Crippen LogP contribution is -2.41. The average molecular weight is 332 g/mol. The number of ether oxygens (including phenoxy) is 1. The molecule has 2 heterocycles. The Hall–Kier alpha value is -1.08. The molecular weight excluding hydrogens is 314 g/mol. The summed E-state index contributed by atoms with van der Waals surface area (Å²) in [6, 6.07) is -0.189. The lowest BCUT2D eigenvalue weighted by Gasteiger charge is -2.27. The zero-order valence-corrected chi connectivity index (χ0v) is 12.8. The molecule has 106 valence electrons. The van der Waals surface area contributed by atoms with Gasteiger partial charge in [-0.05, 0) is 43.1 Å².